The van der Waals surface area contributed by atoms with Gasteiger partial charge in [-0.25, -0.2) is 9.69 Å². The predicted molar refractivity (Wildman–Crippen MR) is 91.9 cm³/mol. The van der Waals surface area contributed by atoms with Crippen LogP contribution in [0.15, 0.2) is 18.2 Å². The fraction of sp³-hybridized carbons (Fsp3) is 0.412. The van der Waals surface area contributed by atoms with E-state index in [1.54, 1.807) is 18.2 Å². The number of amides is 5. The standard InChI is InChI=1S/C17H21N3O6/c1-4-5-8-19-15(22)16(23)20(17(19)24)10-14(21)18-12-7-6-11(25-2)9-13(12)26-3/h6-7,9H,4-5,8,10H2,1-3H3,(H,18,21). The van der Waals surface area contributed by atoms with Crippen molar-refractivity contribution in [1.82, 2.24) is 9.80 Å². The van der Waals surface area contributed by atoms with Gasteiger partial charge in [0, 0.05) is 12.6 Å². The van der Waals surface area contributed by atoms with Crippen LogP contribution in [0.3, 0.4) is 0 Å². The zero-order chi connectivity index (χ0) is 19.3. The minimum atomic E-state index is -0.997. The Bertz CT molecular complexity index is 733. The number of methoxy groups -OCH3 is 2. The van der Waals surface area contributed by atoms with Crippen molar-refractivity contribution in [2.24, 2.45) is 0 Å². The molecule has 1 saturated heterocycles. The second-order valence-electron chi connectivity index (χ2n) is 5.60. The van der Waals surface area contributed by atoms with Gasteiger partial charge in [-0.1, -0.05) is 13.3 Å². The molecule has 9 nitrogen and oxygen atoms in total. The monoisotopic (exact) mass is 363 g/mol. The molecule has 9 heteroatoms. The number of imide groups is 2. The number of hydrogen-bond donors (Lipinski definition) is 1. The summed E-state index contributed by atoms with van der Waals surface area (Å²) in [7, 11) is 2.93. The largest absolute Gasteiger partial charge is 0.497 e. The van der Waals surface area contributed by atoms with E-state index in [0.717, 1.165) is 11.3 Å². The fourth-order valence-corrected chi connectivity index (χ4v) is 2.44. The first-order valence-corrected chi connectivity index (χ1v) is 8.12. The van der Waals surface area contributed by atoms with Gasteiger partial charge in [-0.05, 0) is 18.6 Å². The molecule has 140 valence electrons. The molecule has 0 atom stereocenters. The molecule has 26 heavy (non-hydrogen) atoms. The van der Waals surface area contributed by atoms with Gasteiger partial charge in [0.25, 0.3) is 0 Å². The summed E-state index contributed by atoms with van der Waals surface area (Å²) in [5.41, 5.74) is 0.353. The summed E-state index contributed by atoms with van der Waals surface area (Å²) in [6.45, 7) is 1.51. The first-order valence-electron chi connectivity index (χ1n) is 8.12. The highest BCUT2D eigenvalue weighted by Crippen LogP contribution is 2.29. The van der Waals surface area contributed by atoms with Crippen LogP contribution < -0.4 is 14.8 Å². The van der Waals surface area contributed by atoms with Crippen molar-refractivity contribution in [2.75, 3.05) is 32.6 Å². The molecule has 0 spiro atoms. The van der Waals surface area contributed by atoms with E-state index >= 15 is 0 Å². The lowest BCUT2D eigenvalue weighted by atomic mass is 10.2. The number of unbranched alkanes of at least 4 members (excludes halogenated alkanes) is 1. The van der Waals surface area contributed by atoms with E-state index in [1.807, 2.05) is 6.92 Å². The van der Waals surface area contributed by atoms with Crippen molar-refractivity contribution in [1.29, 1.82) is 0 Å². The number of nitrogens with one attached hydrogen (secondary N) is 1. The van der Waals surface area contributed by atoms with E-state index in [2.05, 4.69) is 5.32 Å². The van der Waals surface area contributed by atoms with E-state index in [4.69, 9.17) is 9.47 Å². The van der Waals surface area contributed by atoms with Crippen molar-refractivity contribution < 1.29 is 28.7 Å². The number of carbonyl (C=O) groups is 4. The minimum absolute atomic E-state index is 0.157. The number of rotatable bonds is 8. The lowest BCUT2D eigenvalue weighted by Crippen LogP contribution is -2.39. The maximum Gasteiger partial charge on any atom is 0.334 e. The van der Waals surface area contributed by atoms with Crippen molar-refractivity contribution in [3.63, 3.8) is 0 Å². The molecule has 1 aromatic rings. The number of hydrogen-bond acceptors (Lipinski definition) is 6. The SMILES string of the molecule is CCCCN1C(=O)C(=O)N(CC(=O)Nc2ccc(OC)cc2OC)C1=O. The van der Waals surface area contributed by atoms with Crippen LogP contribution in [0.4, 0.5) is 10.5 Å². The van der Waals surface area contributed by atoms with Crippen LogP contribution in [0.5, 0.6) is 11.5 Å². The molecule has 1 heterocycles. The normalized spacial score (nSPS) is 14.0. The lowest BCUT2D eigenvalue weighted by molar-refractivity contribution is -0.143. The van der Waals surface area contributed by atoms with Gasteiger partial charge >= 0.3 is 17.8 Å². The third-order valence-electron chi connectivity index (χ3n) is 3.85. The molecule has 2 rings (SSSR count). The summed E-state index contributed by atoms with van der Waals surface area (Å²) < 4.78 is 10.2. The van der Waals surface area contributed by atoms with Gasteiger partial charge < -0.3 is 14.8 Å². The van der Waals surface area contributed by atoms with Crippen LogP contribution in [0.2, 0.25) is 0 Å². The zero-order valence-electron chi connectivity index (χ0n) is 14.9. The molecule has 5 amide bonds. The Balaban J connectivity index is 2.07. The van der Waals surface area contributed by atoms with Gasteiger partial charge in [0.05, 0.1) is 19.9 Å². The molecule has 1 aliphatic rings. The van der Waals surface area contributed by atoms with E-state index in [-0.39, 0.29) is 6.54 Å². The van der Waals surface area contributed by atoms with Crippen LogP contribution in [-0.2, 0) is 14.4 Å². The molecule has 0 saturated carbocycles. The number of ether oxygens (including phenoxy) is 2. The zero-order valence-corrected chi connectivity index (χ0v) is 14.9. The van der Waals surface area contributed by atoms with Crippen molar-refractivity contribution in [3.8, 4) is 11.5 Å². The van der Waals surface area contributed by atoms with Gasteiger partial charge in [0.15, 0.2) is 0 Å². The van der Waals surface area contributed by atoms with Gasteiger partial charge in [-0.3, -0.25) is 19.3 Å². The number of anilines is 1. The molecule has 1 aliphatic heterocycles. The number of urea groups is 1. The molecule has 0 aromatic heterocycles. The third-order valence-corrected chi connectivity index (χ3v) is 3.85. The average Bonchev–Trinajstić information content (AvgIpc) is 2.83. The van der Waals surface area contributed by atoms with Gasteiger partial charge in [0.1, 0.15) is 18.0 Å². The molecule has 1 fully saturated rings. The van der Waals surface area contributed by atoms with Gasteiger partial charge in [-0.2, -0.15) is 0 Å². The molecule has 0 aliphatic carbocycles. The Hall–Kier alpha value is -3.10. The first kappa shape index (κ1) is 19.2. The molecule has 0 radical (unpaired) electrons. The highest BCUT2D eigenvalue weighted by molar-refractivity contribution is 6.45. The maximum absolute atomic E-state index is 12.2. The Morgan fingerprint density at radius 3 is 2.38 bits per heavy atom. The molecular weight excluding hydrogens is 342 g/mol. The van der Waals surface area contributed by atoms with Crippen LogP contribution in [0.25, 0.3) is 0 Å². The first-order chi connectivity index (χ1) is 12.4. The van der Waals surface area contributed by atoms with Crippen molar-refractivity contribution >= 4 is 29.4 Å². The number of nitrogens with zero attached hydrogens (tertiary/aromatic N) is 2. The van der Waals surface area contributed by atoms with Crippen LogP contribution in [-0.4, -0.2) is 60.9 Å². The molecule has 0 unspecified atom stereocenters. The highest BCUT2D eigenvalue weighted by atomic mass is 16.5. The van der Waals surface area contributed by atoms with E-state index in [0.29, 0.717) is 28.5 Å². The Morgan fingerprint density at radius 2 is 1.77 bits per heavy atom. The van der Waals surface area contributed by atoms with Crippen molar-refractivity contribution in [3.05, 3.63) is 18.2 Å². The Labute approximate surface area is 150 Å². The van der Waals surface area contributed by atoms with E-state index in [1.165, 1.54) is 14.2 Å². The second-order valence-corrected chi connectivity index (χ2v) is 5.60. The Kier molecular flexibility index (Phi) is 6.16. The number of benzene rings is 1. The summed E-state index contributed by atoms with van der Waals surface area (Å²) in [5, 5.41) is 2.56. The summed E-state index contributed by atoms with van der Waals surface area (Å²) in [5.74, 6) is -1.62. The molecular formula is C17H21N3O6. The predicted octanol–water partition coefficient (Wildman–Crippen LogP) is 1.23. The van der Waals surface area contributed by atoms with Crippen molar-refractivity contribution in [2.45, 2.75) is 19.8 Å². The minimum Gasteiger partial charge on any atom is -0.497 e. The quantitative estimate of drug-likeness (QED) is 0.550. The second kappa shape index (κ2) is 8.32. The third kappa shape index (κ3) is 3.93. The Morgan fingerprint density at radius 1 is 1.08 bits per heavy atom. The van der Waals surface area contributed by atoms with E-state index in [9.17, 15) is 19.2 Å². The molecule has 0 bridgehead atoms. The van der Waals surface area contributed by atoms with Gasteiger partial charge in [-0.15, -0.1) is 0 Å². The average molecular weight is 363 g/mol. The molecule has 1 N–H and O–H groups in total. The summed E-state index contributed by atoms with van der Waals surface area (Å²) in [6.07, 6.45) is 1.36. The van der Waals surface area contributed by atoms with Crippen LogP contribution in [0.1, 0.15) is 19.8 Å². The summed E-state index contributed by atoms with van der Waals surface area (Å²) >= 11 is 0. The lowest BCUT2D eigenvalue weighted by Gasteiger charge is -2.16. The van der Waals surface area contributed by atoms with Crippen LogP contribution in [0, 0.1) is 0 Å². The van der Waals surface area contributed by atoms with Gasteiger partial charge in [0.2, 0.25) is 5.91 Å². The smallest absolute Gasteiger partial charge is 0.334 e. The fourth-order valence-electron chi connectivity index (χ4n) is 2.44. The topological polar surface area (TPSA) is 105 Å². The number of carbonyl (C=O) groups excluding carboxylic acids is 4. The van der Waals surface area contributed by atoms with E-state index < -0.39 is 30.3 Å². The maximum atomic E-state index is 12.2. The summed E-state index contributed by atoms with van der Waals surface area (Å²) in [6, 6.07) is 4.00. The highest BCUT2D eigenvalue weighted by Gasteiger charge is 2.44. The van der Waals surface area contributed by atoms with Crippen LogP contribution >= 0.6 is 0 Å². The molecule has 1 aromatic carbocycles. The summed E-state index contributed by atoms with van der Waals surface area (Å²) in [4.78, 5) is 49.8.